The minimum atomic E-state index is -0.277. The van der Waals surface area contributed by atoms with Gasteiger partial charge in [-0.15, -0.1) is 0 Å². The Kier molecular flexibility index (Phi) is 6.97. The van der Waals surface area contributed by atoms with Gasteiger partial charge in [0.2, 0.25) is 5.91 Å². The van der Waals surface area contributed by atoms with Crippen molar-refractivity contribution in [3.05, 3.63) is 0 Å². The number of amides is 1. The Hall–Kier alpha value is -0.220. The number of thioether (sulfide) groups is 1. The minimum absolute atomic E-state index is 0.167. The fourth-order valence-electron chi connectivity index (χ4n) is 2.30. The summed E-state index contributed by atoms with van der Waals surface area (Å²) >= 11 is 1.93. The number of hydrogen-bond acceptors (Lipinski definition) is 3. The van der Waals surface area contributed by atoms with Crippen molar-refractivity contribution in [3.63, 3.8) is 0 Å². The van der Waals surface area contributed by atoms with Crippen molar-refractivity contribution in [2.45, 2.75) is 56.7 Å². The highest BCUT2D eigenvalue weighted by atomic mass is 32.2. The smallest absolute Gasteiger partial charge is 0.239 e. The summed E-state index contributed by atoms with van der Waals surface area (Å²) in [6.45, 7) is 3.92. The number of rotatable bonds is 5. The number of hydrogen-bond donors (Lipinski definition) is 1. The summed E-state index contributed by atoms with van der Waals surface area (Å²) in [6, 6.07) is -0.277. The van der Waals surface area contributed by atoms with Crippen LogP contribution in [0, 0.1) is 0 Å². The summed E-state index contributed by atoms with van der Waals surface area (Å²) in [4.78, 5) is 14.1. The molecule has 0 spiro atoms. The van der Waals surface area contributed by atoms with Crippen LogP contribution < -0.4 is 5.73 Å². The van der Waals surface area contributed by atoms with Gasteiger partial charge in [0.25, 0.3) is 0 Å². The average molecular weight is 258 g/mol. The number of carbonyl (C=O) groups is 1. The summed E-state index contributed by atoms with van der Waals surface area (Å²) in [5.41, 5.74) is 5.96. The quantitative estimate of drug-likeness (QED) is 0.822. The van der Waals surface area contributed by atoms with E-state index < -0.39 is 0 Å². The molecule has 1 unspecified atom stereocenters. The molecule has 2 N–H and O–H groups in total. The molecule has 1 aliphatic heterocycles. The molecule has 0 radical (unpaired) electrons. The normalized spacial score (nSPS) is 23.2. The highest BCUT2D eigenvalue weighted by Gasteiger charge is 2.23. The molecule has 3 nitrogen and oxygen atoms in total. The summed E-state index contributed by atoms with van der Waals surface area (Å²) in [6.07, 6.45) is 8.62. The van der Waals surface area contributed by atoms with E-state index in [1.807, 2.05) is 16.7 Å². The first-order chi connectivity index (χ1) is 8.19. The van der Waals surface area contributed by atoms with Crippen LogP contribution in [0.15, 0.2) is 0 Å². The van der Waals surface area contributed by atoms with Crippen molar-refractivity contribution in [1.29, 1.82) is 0 Å². The third-order valence-corrected chi connectivity index (χ3v) is 4.64. The van der Waals surface area contributed by atoms with Gasteiger partial charge in [-0.2, -0.15) is 11.8 Å². The van der Waals surface area contributed by atoms with Gasteiger partial charge in [0.05, 0.1) is 6.04 Å². The van der Waals surface area contributed by atoms with Gasteiger partial charge in [-0.05, 0) is 31.9 Å². The predicted molar refractivity (Wildman–Crippen MR) is 75.2 cm³/mol. The average Bonchev–Trinajstić information content (AvgIpc) is 2.60. The monoisotopic (exact) mass is 258 g/mol. The molecule has 1 saturated heterocycles. The van der Waals surface area contributed by atoms with E-state index in [2.05, 4.69) is 13.2 Å². The van der Waals surface area contributed by atoms with Gasteiger partial charge >= 0.3 is 0 Å². The second-order valence-corrected chi connectivity index (χ2v) is 6.00. The highest BCUT2D eigenvalue weighted by molar-refractivity contribution is 7.99. The topological polar surface area (TPSA) is 46.3 Å². The standard InChI is InChI=1S/C13H26N2OS/c1-3-4-7-12(14)13(16)15-9-5-6-11(17-2)8-10-15/h11-12H,3-10,14H2,1-2H3/t11?,12-/m0/s1. The number of carbonyl (C=O) groups excluding carboxylic acids is 1. The van der Waals surface area contributed by atoms with Crippen molar-refractivity contribution in [1.82, 2.24) is 4.90 Å². The lowest BCUT2D eigenvalue weighted by Gasteiger charge is -2.24. The second-order valence-electron chi connectivity index (χ2n) is 4.86. The van der Waals surface area contributed by atoms with E-state index in [0.29, 0.717) is 0 Å². The van der Waals surface area contributed by atoms with Gasteiger partial charge in [0, 0.05) is 18.3 Å². The van der Waals surface area contributed by atoms with E-state index in [9.17, 15) is 4.79 Å². The lowest BCUT2D eigenvalue weighted by molar-refractivity contribution is -0.132. The molecule has 17 heavy (non-hydrogen) atoms. The van der Waals surface area contributed by atoms with Crippen LogP contribution >= 0.6 is 11.8 Å². The molecule has 0 bridgehead atoms. The molecule has 1 heterocycles. The molecule has 100 valence electrons. The Morgan fingerprint density at radius 1 is 1.47 bits per heavy atom. The summed E-state index contributed by atoms with van der Waals surface area (Å²) < 4.78 is 0. The molecular weight excluding hydrogens is 232 g/mol. The number of unbranched alkanes of at least 4 members (excludes halogenated alkanes) is 1. The first-order valence-corrected chi connectivity index (χ1v) is 8.05. The first kappa shape index (κ1) is 14.8. The molecule has 4 heteroatoms. The molecule has 1 rings (SSSR count). The predicted octanol–water partition coefficient (Wildman–Crippen LogP) is 2.25. The SMILES string of the molecule is CCCC[C@H](N)C(=O)N1CCCC(SC)CC1. The number of likely N-dealkylation sites (tertiary alicyclic amines) is 1. The maximum absolute atomic E-state index is 12.1. The van der Waals surface area contributed by atoms with Crippen LogP contribution in [0.5, 0.6) is 0 Å². The van der Waals surface area contributed by atoms with Gasteiger partial charge < -0.3 is 10.6 Å². The van der Waals surface area contributed by atoms with Crippen LogP contribution in [0.2, 0.25) is 0 Å². The van der Waals surface area contributed by atoms with Crippen LogP contribution in [-0.4, -0.2) is 41.4 Å². The highest BCUT2D eigenvalue weighted by Crippen LogP contribution is 2.21. The van der Waals surface area contributed by atoms with Gasteiger partial charge in [-0.3, -0.25) is 4.79 Å². The Morgan fingerprint density at radius 3 is 2.88 bits per heavy atom. The van der Waals surface area contributed by atoms with Crippen LogP contribution in [0.4, 0.5) is 0 Å². The Morgan fingerprint density at radius 2 is 2.24 bits per heavy atom. The summed E-state index contributed by atoms with van der Waals surface area (Å²) in [5.74, 6) is 0.167. The molecule has 0 aromatic heterocycles. The number of nitrogens with zero attached hydrogens (tertiary/aromatic N) is 1. The van der Waals surface area contributed by atoms with E-state index in [1.54, 1.807) is 0 Å². The molecule has 1 amide bonds. The summed E-state index contributed by atoms with van der Waals surface area (Å²) in [5, 5.41) is 0.722. The molecule has 0 aliphatic carbocycles. The molecule has 0 aromatic carbocycles. The second kappa shape index (κ2) is 7.98. The molecule has 2 atom stereocenters. The van der Waals surface area contributed by atoms with E-state index in [0.717, 1.165) is 50.4 Å². The van der Waals surface area contributed by atoms with Gasteiger partial charge in [-0.25, -0.2) is 0 Å². The Labute approximate surface area is 109 Å². The zero-order chi connectivity index (χ0) is 12.7. The van der Waals surface area contributed by atoms with Crippen molar-refractivity contribution in [2.75, 3.05) is 19.3 Å². The van der Waals surface area contributed by atoms with Crippen molar-refractivity contribution >= 4 is 17.7 Å². The summed E-state index contributed by atoms with van der Waals surface area (Å²) in [7, 11) is 0. The fraction of sp³-hybridized carbons (Fsp3) is 0.923. The fourth-order valence-corrected chi connectivity index (χ4v) is 3.05. The Balaban J connectivity index is 2.40. The third-order valence-electron chi connectivity index (χ3n) is 3.51. The van der Waals surface area contributed by atoms with E-state index in [-0.39, 0.29) is 11.9 Å². The van der Waals surface area contributed by atoms with Crippen molar-refractivity contribution < 1.29 is 4.79 Å². The van der Waals surface area contributed by atoms with Crippen molar-refractivity contribution in [3.8, 4) is 0 Å². The molecule has 1 fully saturated rings. The van der Waals surface area contributed by atoms with Crippen LogP contribution in [0.25, 0.3) is 0 Å². The lowest BCUT2D eigenvalue weighted by atomic mass is 10.1. The Bertz CT molecular complexity index is 235. The molecular formula is C13H26N2OS. The zero-order valence-corrected chi connectivity index (χ0v) is 12.0. The van der Waals surface area contributed by atoms with Gasteiger partial charge in [-0.1, -0.05) is 19.8 Å². The minimum Gasteiger partial charge on any atom is -0.341 e. The van der Waals surface area contributed by atoms with Crippen molar-refractivity contribution in [2.24, 2.45) is 5.73 Å². The molecule has 0 aromatic rings. The van der Waals surface area contributed by atoms with Gasteiger partial charge in [0.15, 0.2) is 0 Å². The van der Waals surface area contributed by atoms with Gasteiger partial charge in [0.1, 0.15) is 0 Å². The third kappa shape index (κ3) is 4.88. The largest absolute Gasteiger partial charge is 0.341 e. The first-order valence-electron chi connectivity index (χ1n) is 6.76. The molecule has 0 saturated carbocycles. The van der Waals surface area contributed by atoms with E-state index >= 15 is 0 Å². The lowest BCUT2D eigenvalue weighted by Crippen LogP contribution is -2.44. The van der Waals surface area contributed by atoms with Crippen LogP contribution in [0.3, 0.4) is 0 Å². The number of nitrogens with two attached hydrogens (primary N) is 1. The van der Waals surface area contributed by atoms with E-state index in [1.165, 1.54) is 6.42 Å². The maximum Gasteiger partial charge on any atom is 0.239 e. The maximum atomic E-state index is 12.1. The zero-order valence-electron chi connectivity index (χ0n) is 11.2. The van der Waals surface area contributed by atoms with Crippen LogP contribution in [0.1, 0.15) is 45.4 Å². The van der Waals surface area contributed by atoms with E-state index in [4.69, 9.17) is 5.73 Å². The van der Waals surface area contributed by atoms with Crippen LogP contribution in [-0.2, 0) is 4.79 Å². The molecule has 1 aliphatic rings.